The fraction of sp³-hybridized carbons (Fsp3) is 0.143. The summed E-state index contributed by atoms with van der Waals surface area (Å²) in [5.74, 6) is 0. The number of para-hydroxylation sites is 2. The Hall–Kier alpha value is -3.32. The van der Waals surface area contributed by atoms with Crippen LogP contribution < -0.4 is 4.90 Å². The highest BCUT2D eigenvalue weighted by atomic mass is 15.1. The van der Waals surface area contributed by atoms with Gasteiger partial charge in [-0.05, 0) is 72.5 Å². The van der Waals surface area contributed by atoms with E-state index in [-0.39, 0.29) is 0 Å². The summed E-state index contributed by atoms with van der Waals surface area (Å²) >= 11 is 0. The minimum Gasteiger partial charge on any atom is -0.311 e. The van der Waals surface area contributed by atoms with Gasteiger partial charge >= 0.3 is 0 Å². The molecule has 0 N–H and O–H groups in total. The number of anilines is 3. The second-order valence-corrected chi connectivity index (χ2v) is 6.80. The van der Waals surface area contributed by atoms with Crippen LogP contribution in [0.25, 0.3) is 11.1 Å². The number of aryl methyl sites for hydroxylation is 1. The van der Waals surface area contributed by atoms with Gasteiger partial charge in [-0.1, -0.05) is 80.6 Å². The maximum Gasteiger partial charge on any atom is 0.0462 e. The molecular formula is C28H29N. The van der Waals surface area contributed by atoms with Crippen molar-refractivity contribution in [2.45, 2.75) is 27.7 Å². The van der Waals surface area contributed by atoms with Gasteiger partial charge in [0, 0.05) is 17.1 Å². The van der Waals surface area contributed by atoms with Gasteiger partial charge in [0.2, 0.25) is 0 Å². The largest absolute Gasteiger partial charge is 0.311 e. The quantitative estimate of drug-likeness (QED) is 0.344. The zero-order valence-corrected chi connectivity index (χ0v) is 17.8. The molecule has 0 bridgehead atoms. The second kappa shape index (κ2) is 9.75. The summed E-state index contributed by atoms with van der Waals surface area (Å²) in [6, 6.07) is 36.3. The van der Waals surface area contributed by atoms with E-state index in [1.54, 1.807) is 0 Å². The summed E-state index contributed by atoms with van der Waals surface area (Å²) in [5.41, 5.74) is 8.68. The van der Waals surface area contributed by atoms with Crippen molar-refractivity contribution in [1.29, 1.82) is 0 Å². The molecule has 0 heterocycles. The molecule has 4 aromatic rings. The maximum absolute atomic E-state index is 2.28. The van der Waals surface area contributed by atoms with Crippen LogP contribution in [0.15, 0.2) is 103 Å². The van der Waals surface area contributed by atoms with Crippen LogP contribution in [0.4, 0.5) is 17.1 Å². The first-order valence-electron chi connectivity index (χ1n) is 10.3. The van der Waals surface area contributed by atoms with Crippen LogP contribution in [-0.4, -0.2) is 0 Å². The molecule has 1 nitrogen and oxygen atoms in total. The third-order valence-electron chi connectivity index (χ3n) is 5.07. The lowest BCUT2D eigenvalue weighted by Crippen LogP contribution is -2.09. The van der Waals surface area contributed by atoms with Crippen LogP contribution in [0, 0.1) is 13.8 Å². The summed E-state index contributed by atoms with van der Waals surface area (Å²) < 4.78 is 0. The van der Waals surface area contributed by atoms with Crippen molar-refractivity contribution in [3.8, 4) is 11.1 Å². The molecule has 1 heteroatoms. The maximum atomic E-state index is 2.28. The first-order valence-corrected chi connectivity index (χ1v) is 10.3. The molecule has 0 unspecified atom stereocenters. The lowest BCUT2D eigenvalue weighted by Gasteiger charge is -2.25. The normalized spacial score (nSPS) is 10.1. The molecule has 0 saturated heterocycles. The molecule has 4 rings (SSSR count). The van der Waals surface area contributed by atoms with Gasteiger partial charge in [0.1, 0.15) is 0 Å². The van der Waals surface area contributed by atoms with E-state index in [0.29, 0.717) is 0 Å². The van der Waals surface area contributed by atoms with Gasteiger partial charge in [-0.25, -0.2) is 0 Å². The highest BCUT2D eigenvalue weighted by molar-refractivity contribution is 5.78. The van der Waals surface area contributed by atoms with E-state index < -0.39 is 0 Å². The molecule has 0 atom stereocenters. The number of hydrogen-bond acceptors (Lipinski definition) is 1. The van der Waals surface area contributed by atoms with Gasteiger partial charge in [0.25, 0.3) is 0 Å². The SMILES string of the molecule is CC.Cc1cccc(-c2ccc(N(c3ccccc3)c3ccccc3)cc2)c1C. The molecule has 4 aromatic carbocycles. The molecule has 0 amide bonds. The van der Waals surface area contributed by atoms with E-state index in [0.717, 1.165) is 17.1 Å². The number of benzene rings is 4. The standard InChI is InChI=1S/C26H23N.C2H6/c1-20-10-9-15-26(21(20)2)22-16-18-25(19-17-22)27(23-11-5-3-6-12-23)24-13-7-4-8-14-24;1-2/h3-19H,1-2H3;1-2H3. The molecule has 0 saturated carbocycles. The predicted molar refractivity (Wildman–Crippen MR) is 127 cm³/mol. The van der Waals surface area contributed by atoms with Gasteiger partial charge in [-0.15, -0.1) is 0 Å². The van der Waals surface area contributed by atoms with Crippen molar-refractivity contribution >= 4 is 17.1 Å². The van der Waals surface area contributed by atoms with Gasteiger partial charge in [-0.3, -0.25) is 0 Å². The lowest BCUT2D eigenvalue weighted by molar-refractivity contribution is 1.28. The van der Waals surface area contributed by atoms with Crippen LogP contribution in [0.5, 0.6) is 0 Å². The fourth-order valence-corrected chi connectivity index (χ4v) is 3.46. The monoisotopic (exact) mass is 379 g/mol. The molecule has 0 aliphatic carbocycles. The molecule has 29 heavy (non-hydrogen) atoms. The van der Waals surface area contributed by atoms with Crippen LogP contribution >= 0.6 is 0 Å². The van der Waals surface area contributed by atoms with E-state index in [1.807, 2.05) is 13.8 Å². The molecule has 0 aliphatic rings. The van der Waals surface area contributed by atoms with Crippen molar-refractivity contribution in [1.82, 2.24) is 0 Å². The van der Waals surface area contributed by atoms with Crippen molar-refractivity contribution in [3.05, 3.63) is 114 Å². The fourth-order valence-electron chi connectivity index (χ4n) is 3.46. The summed E-state index contributed by atoms with van der Waals surface area (Å²) in [7, 11) is 0. The first kappa shape index (κ1) is 20.4. The van der Waals surface area contributed by atoms with Gasteiger partial charge in [-0.2, -0.15) is 0 Å². The highest BCUT2D eigenvalue weighted by Gasteiger charge is 2.12. The van der Waals surface area contributed by atoms with Gasteiger partial charge in [0.15, 0.2) is 0 Å². The Kier molecular flexibility index (Phi) is 6.86. The number of nitrogens with zero attached hydrogens (tertiary/aromatic N) is 1. The van der Waals surface area contributed by atoms with Gasteiger partial charge in [0.05, 0.1) is 0 Å². The third-order valence-corrected chi connectivity index (χ3v) is 5.07. The first-order chi connectivity index (χ1) is 14.2. The topological polar surface area (TPSA) is 3.24 Å². The van der Waals surface area contributed by atoms with Crippen molar-refractivity contribution in [3.63, 3.8) is 0 Å². The molecule has 0 aromatic heterocycles. The van der Waals surface area contributed by atoms with Crippen molar-refractivity contribution in [2.75, 3.05) is 4.90 Å². The summed E-state index contributed by atoms with van der Waals surface area (Å²) in [6.45, 7) is 8.36. The van der Waals surface area contributed by atoms with Crippen LogP contribution in [0.3, 0.4) is 0 Å². The minimum absolute atomic E-state index is 1.15. The summed E-state index contributed by atoms with van der Waals surface area (Å²) in [6.07, 6.45) is 0. The average Bonchev–Trinajstić information content (AvgIpc) is 2.79. The number of rotatable bonds is 4. The van der Waals surface area contributed by atoms with E-state index in [4.69, 9.17) is 0 Å². The second-order valence-electron chi connectivity index (χ2n) is 6.80. The Morgan fingerprint density at radius 1 is 0.483 bits per heavy atom. The Morgan fingerprint density at radius 3 is 1.48 bits per heavy atom. The molecule has 0 aliphatic heterocycles. The Morgan fingerprint density at radius 2 is 0.966 bits per heavy atom. The predicted octanol–water partition coefficient (Wildman–Crippen LogP) is 8.47. The average molecular weight is 380 g/mol. The van der Waals surface area contributed by atoms with Crippen molar-refractivity contribution < 1.29 is 0 Å². The lowest BCUT2D eigenvalue weighted by atomic mass is 9.97. The van der Waals surface area contributed by atoms with E-state index >= 15 is 0 Å². The minimum atomic E-state index is 1.15. The zero-order chi connectivity index (χ0) is 20.6. The Balaban J connectivity index is 0.00000117. The van der Waals surface area contributed by atoms with Gasteiger partial charge < -0.3 is 4.90 Å². The molecule has 146 valence electrons. The Bertz CT molecular complexity index is 979. The van der Waals surface area contributed by atoms with Crippen molar-refractivity contribution in [2.24, 2.45) is 0 Å². The smallest absolute Gasteiger partial charge is 0.0462 e. The number of hydrogen-bond donors (Lipinski definition) is 0. The molecule has 0 radical (unpaired) electrons. The van der Waals surface area contributed by atoms with Crippen LogP contribution in [0.2, 0.25) is 0 Å². The van der Waals surface area contributed by atoms with E-state index in [1.165, 1.54) is 22.3 Å². The Labute approximate surface area is 175 Å². The van der Waals surface area contributed by atoms with Crippen LogP contribution in [0.1, 0.15) is 25.0 Å². The molecular weight excluding hydrogens is 350 g/mol. The molecule has 0 spiro atoms. The third kappa shape index (κ3) is 4.57. The van der Waals surface area contributed by atoms with E-state index in [2.05, 4.69) is 122 Å². The van der Waals surface area contributed by atoms with Crippen LogP contribution in [-0.2, 0) is 0 Å². The highest BCUT2D eigenvalue weighted by Crippen LogP contribution is 2.35. The summed E-state index contributed by atoms with van der Waals surface area (Å²) in [5, 5.41) is 0. The van der Waals surface area contributed by atoms with E-state index in [9.17, 15) is 0 Å². The zero-order valence-electron chi connectivity index (χ0n) is 17.8. The summed E-state index contributed by atoms with van der Waals surface area (Å²) in [4.78, 5) is 2.28. The molecule has 0 fully saturated rings.